The minimum Gasteiger partial charge on any atom is -0.391 e. The minimum atomic E-state index is -0.325. The van der Waals surface area contributed by atoms with Gasteiger partial charge in [-0.3, -0.25) is 0 Å². The molecule has 0 aliphatic rings. The van der Waals surface area contributed by atoms with Gasteiger partial charge in [-0.1, -0.05) is 12.6 Å². The number of halogens is 1. The molecular weight excluding hydrogens is 354 g/mol. The number of methoxy groups -OCH3 is 1. The van der Waals surface area contributed by atoms with Gasteiger partial charge in [-0.05, 0) is 70.4 Å². The van der Waals surface area contributed by atoms with E-state index in [0.717, 1.165) is 56.8 Å². The molecule has 1 rings (SSSR count). The molecule has 2 radical (unpaired) electrons. The number of hydrogen-bond acceptors (Lipinski definition) is 5. The van der Waals surface area contributed by atoms with Crippen molar-refractivity contribution in [3.63, 3.8) is 0 Å². The summed E-state index contributed by atoms with van der Waals surface area (Å²) >= 11 is 0. The van der Waals surface area contributed by atoms with E-state index in [1.807, 2.05) is 13.1 Å². The fourth-order valence-corrected chi connectivity index (χ4v) is 2.81. The molecule has 0 aliphatic heterocycles. The van der Waals surface area contributed by atoms with E-state index >= 15 is 0 Å². The summed E-state index contributed by atoms with van der Waals surface area (Å²) in [5.41, 5.74) is 2.20. The smallest absolute Gasteiger partial charge is 0.146 e. The van der Waals surface area contributed by atoms with Crippen molar-refractivity contribution >= 4 is 13.5 Å². The van der Waals surface area contributed by atoms with Crippen LogP contribution >= 0.6 is 0 Å². The number of aryl methyl sites for hydroxylation is 1. The number of allylic oxidation sites excluding steroid dienone is 1. The quantitative estimate of drug-likeness (QED) is 0.230. The highest BCUT2D eigenvalue weighted by atomic mass is 19.1. The average molecular weight is 390 g/mol. The maximum atomic E-state index is 14.3. The number of nitrogens with zero attached hydrogens (tertiary/aromatic N) is 1. The molecule has 0 saturated carbocycles. The zero-order valence-electron chi connectivity index (χ0n) is 17.7. The lowest BCUT2D eigenvalue weighted by Gasteiger charge is -2.17. The van der Waals surface area contributed by atoms with E-state index < -0.39 is 0 Å². The van der Waals surface area contributed by atoms with Crippen LogP contribution in [-0.4, -0.2) is 66.3 Å². The number of rotatable bonds is 16. The summed E-state index contributed by atoms with van der Waals surface area (Å²) in [5, 5.41) is 9.40. The summed E-state index contributed by atoms with van der Waals surface area (Å²) in [4.78, 5) is 2.32. The van der Waals surface area contributed by atoms with Crippen LogP contribution in [0, 0.1) is 5.82 Å². The lowest BCUT2D eigenvalue weighted by molar-refractivity contribution is 0.160. The zero-order chi connectivity index (χ0) is 20.8. The van der Waals surface area contributed by atoms with Crippen LogP contribution in [0.5, 0.6) is 0 Å². The Bertz CT molecular complexity index is 573. The Hall–Kier alpha value is -1.41. The standard InChI is InChI=1S/C21H36BFN4O/c1-17(8-11-21(22)28-4)26-20-10-9-18(15-19(20)23)7-5-6-13-27(3)14-12-25-16-24-2/h9-10,15,21,24-26H,1,5-8,11-14,16H2,2-4H3. The van der Waals surface area contributed by atoms with Crippen molar-refractivity contribution < 1.29 is 9.13 Å². The first-order valence-electron chi connectivity index (χ1n) is 10.0. The Morgan fingerprint density at radius 3 is 2.79 bits per heavy atom. The monoisotopic (exact) mass is 390 g/mol. The predicted molar refractivity (Wildman–Crippen MR) is 117 cm³/mol. The van der Waals surface area contributed by atoms with Crippen LogP contribution in [-0.2, 0) is 11.2 Å². The molecule has 5 nitrogen and oxygen atoms in total. The van der Waals surface area contributed by atoms with E-state index in [9.17, 15) is 4.39 Å². The molecule has 0 saturated heterocycles. The highest BCUT2D eigenvalue weighted by Gasteiger charge is 2.07. The van der Waals surface area contributed by atoms with E-state index in [1.54, 1.807) is 19.2 Å². The number of benzene rings is 1. The first-order chi connectivity index (χ1) is 13.5. The Balaban J connectivity index is 2.29. The van der Waals surface area contributed by atoms with Crippen molar-refractivity contribution in [1.82, 2.24) is 15.5 Å². The van der Waals surface area contributed by atoms with Crippen molar-refractivity contribution in [2.24, 2.45) is 0 Å². The number of unbranched alkanes of at least 4 members (excludes halogenated alkanes) is 1. The summed E-state index contributed by atoms with van der Waals surface area (Å²) in [6, 6.07) is 5.05. The summed E-state index contributed by atoms with van der Waals surface area (Å²) < 4.78 is 19.3. The maximum absolute atomic E-state index is 14.3. The van der Waals surface area contributed by atoms with Crippen molar-refractivity contribution in [3.8, 4) is 0 Å². The number of likely N-dealkylation sites (N-methyl/N-ethyl adjacent to an activating group) is 1. The zero-order valence-corrected chi connectivity index (χ0v) is 17.7. The fourth-order valence-electron chi connectivity index (χ4n) is 2.81. The normalized spacial score (nSPS) is 12.3. The third-order valence-electron chi connectivity index (χ3n) is 4.61. The van der Waals surface area contributed by atoms with E-state index in [0.29, 0.717) is 18.5 Å². The van der Waals surface area contributed by atoms with Gasteiger partial charge in [-0.25, -0.2) is 4.39 Å². The summed E-state index contributed by atoms with van der Waals surface area (Å²) in [5.74, 6) is -0.248. The van der Waals surface area contributed by atoms with Crippen LogP contribution in [0.2, 0.25) is 0 Å². The molecule has 0 aromatic heterocycles. The molecule has 1 atom stereocenters. The largest absolute Gasteiger partial charge is 0.391 e. The van der Waals surface area contributed by atoms with Crippen LogP contribution in [0.3, 0.4) is 0 Å². The molecule has 28 heavy (non-hydrogen) atoms. The Morgan fingerprint density at radius 1 is 1.32 bits per heavy atom. The molecule has 0 aliphatic carbocycles. The van der Waals surface area contributed by atoms with Gasteiger partial charge in [0.1, 0.15) is 13.7 Å². The molecule has 0 amide bonds. The molecule has 156 valence electrons. The van der Waals surface area contributed by atoms with Crippen LogP contribution in [0.15, 0.2) is 30.5 Å². The second-order valence-electron chi connectivity index (χ2n) is 7.15. The molecular formula is C21H36BFN4O. The number of ether oxygens (including phenoxy) is 1. The van der Waals surface area contributed by atoms with Crippen molar-refractivity contribution in [3.05, 3.63) is 41.9 Å². The molecule has 0 fully saturated rings. The van der Waals surface area contributed by atoms with Crippen LogP contribution in [0.4, 0.5) is 10.1 Å². The van der Waals surface area contributed by atoms with Gasteiger partial charge < -0.3 is 25.6 Å². The maximum Gasteiger partial charge on any atom is 0.146 e. The molecule has 0 heterocycles. The molecule has 0 spiro atoms. The topological polar surface area (TPSA) is 48.6 Å². The Morgan fingerprint density at radius 2 is 2.11 bits per heavy atom. The molecule has 7 heteroatoms. The van der Waals surface area contributed by atoms with Gasteiger partial charge in [-0.2, -0.15) is 0 Å². The van der Waals surface area contributed by atoms with E-state index in [1.165, 1.54) is 0 Å². The highest BCUT2D eigenvalue weighted by Crippen LogP contribution is 2.20. The van der Waals surface area contributed by atoms with Gasteiger partial charge in [0.25, 0.3) is 0 Å². The van der Waals surface area contributed by atoms with E-state index in [-0.39, 0.29) is 11.8 Å². The summed E-state index contributed by atoms with van der Waals surface area (Å²) in [6.45, 7) is 7.80. The van der Waals surface area contributed by atoms with Crippen LogP contribution < -0.4 is 16.0 Å². The van der Waals surface area contributed by atoms with Gasteiger partial charge in [0.15, 0.2) is 0 Å². The Labute approximate surface area is 171 Å². The van der Waals surface area contributed by atoms with Crippen LogP contribution in [0.1, 0.15) is 31.2 Å². The molecule has 3 N–H and O–H groups in total. The molecule has 1 unspecified atom stereocenters. The van der Waals surface area contributed by atoms with E-state index in [2.05, 4.69) is 34.5 Å². The third-order valence-corrected chi connectivity index (χ3v) is 4.61. The predicted octanol–water partition coefficient (Wildman–Crippen LogP) is 2.69. The van der Waals surface area contributed by atoms with Gasteiger partial charge in [-0.15, -0.1) is 0 Å². The van der Waals surface area contributed by atoms with Gasteiger partial charge in [0.05, 0.1) is 5.69 Å². The summed E-state index contributed by atoms with van der Waals surface area (Å²) in [7, 11) is 11.3. The SMILES string of the molecule is [B]C(CCC(=C)Nc1ccc(CCCCN(C)CCNCNC)cc1F)OC. The minimum absolute atomic E-state index is 0.248. The lowest BCUT2D eigenvalue weighted by Crippen LogP contribution is -2.34. The third kappa shape index (κ3) is 10.8. The van der Waals surface area contributed by atoms with Crippen LogP contribution in [0.25, 0.3) is 0 Å². The number of nitrogens with one attached hydrogen (secondary N) is 3. The molecule has 1 aromatic rings. The fraction of sp³-hybridized carbons (Fsp3) is 0.619. The van der Waals surface area contributed by atoms with E-state index in [4.69, 9.17) is 12.6 Å². The first kappa shape index (κ1) is 24.6. The molecule has 0 bridgehead atoms. The lowest BCUT2D eigenvalue weighted by atomic mass is 9.94. The second kappa shape index (κ2) is 14.6. The second-order valence-corrected chi connectivity index (χ2v) is 7.15. The first-order valence-corrected chi connectivity index (χ1v) is 10.0. The van der Waals surface area contributed by atoms with Gasteiger partial charge >= 0.3 is 0 Å². The van der Waals surface area contributed by atoms with Crippen molar-refractivity contribution in [2.75, 3.05) is 52.8 Å². The highest BCUT2D eigenvalue weighted by molar-refractivity contribution is 6.10. The van der Waals surface area contributed by atoms with Crippen molar-refractivity contribution in [1.29, 1.82) is 0 Å². The molecule has 1 aromatic carbocycles. The summed E-state index contributed by atoms with van der Waals surface area (Å²) in [6.07, 6.45) is 4.30. The van der Waals surface area contributed by atoms with Crippen molar-refractivity contribution in [2.45, 2.75) is 38.1 Å². The average Bonchev–Trinajstić information content (AvgIpc) is 2.68. The number of hydrogen-bond donors (Lipinski definition) is 3. The van der Waals surface area contributed by atoms with Gasteiger partial charge in [0, 0.05) is 38.6 Å². The Kier molecular flexibility index (Phi) is 12.8. The number of anilines is 1. The van der Waals surface area contributed by atoms with Gasteiger partial charge in [0.2, 0.25) is 0 Å².